The summed E-state index contributed by atoms with van der Waals surface area (Å²) >= 11 is 0. The molecule has 0 saturated heterocycles. The van der Waals surface area contributed by atoms with E-state index in [4.69, 9.17) is 14.2 Å². The molecule has 0 aliphatic heterocycles. The summed E-state index contributed by atoms with van der Waals surface area (Å²) in [6.07, 6.45) is 1.87. The summed E-state index contributed by atoms with van der Waals surface area (Å²) in [4.78, 5) is 22.8. The quantitative estimate of drug-likeness (QED) is 0.490. The van der Waals surface area contributed by atoms with Crippen molar-refractivity contribution in [2.24, 2.45) is 0 Å². The van der Waals surface area contributed by atoms with Gasteiger partial charge in [0.2, 0.25) is 0 Å². The van der Waals surface area contributed by atoms with Crippen molar-refractivity contribution in [1.82, 2.24) is 0 Å². The van der Waals surface area contributed by atoms with E-state index >= 15 is 0 Å². The third-order valence-corrected chi connectivity index (χ3v) is 2.80. The maximum atomic E-state index is 11.5. The molecule has 1 aromatic rings. The molecular formula is C16H22O5. The molecule has 0 aromatic heterocycles. The van der Waals surface area contributed by atoms with Gasteiger partial charge < -0.3 is 14.2 Å². The van der Waals surface area contributed by atoms with Gasteiger partial charge in [-0.3, -0.25) is 9.59 Å². The number of hydrogen-bond acceptors (Lipinski definition) is 5. The third-order valence-electron chi connectivity index (χ3n) is 2.80. The first-order valence-electron chi connectivity index (χ1n) is 7.06. The molecule has 5 heteroatoms. The Bertz CT molecular complexity index is 416. The Hall–Kier alpha value is -1.88. The van der Waals surface area contributed by atoms with Gasteiger partial charge in [0.15, 0.2) is 0 Å². The van der Waals surface area contributed by atoms with Crippen LogP contribution in [0.3, 0.4) is 0 Å². The van der Waals surface area contributed by atoms with Crippen molar-refractivity contribution in [3.8, 4) is 0 Å². The lowest BCUT2D eigenvalue weighted by molar-refractivity contribution is -0.147. The van der Waals surface area contributed by atoms with Crippen molar-refractivity contribution in [3.63, 3.8) is 0 Å². The number of rotatable bonds is 10. The molecule has 0 unspecified atom stereocenters. The fourth-order valence-electron chi connectivity index (χ4n) is 1.66. The molecular weight excluding hydrogens is 272 g/mol. The van der Waals surface area contributed by atoms with E-state index in [0.29, 0.717) is 38.9 Å². The van der Waals surface area contributed by atoms with E-state index in [9.17, 15) is 9.59 Å². The predicted octanol–water partition coefficient (Wildman–Crippen LogP) is 2.48. The van der Waals surface area contributed by atoms with Crippen molar-refractivity contribution < 1.29 is 23.8 Å². The van der Waals surface area contributed by atoms with Crippen LogP contribution in [0.1, 0.15) is 31.2 Å². The molecule has 1 aromatic carbocycles. The number of carbonyl (C=O) groups is 2. The molecule has 0 fully saturated rings. The zero-order chi connectivity index (χ0) is 15.3. The first-order chi connectivity index (χ1) is 10.2. The van der Waals surface area contributed by atoms with Crippen LogP contribution in [-0.4, -0.2) is 32.3 Å². The van der Waals surface area contributed by atoms with Gasteiger partial charge in [0.25, 0.3) is 0 Å². The minimum absolute atomic E-state index is 0.244. The van der Waals surface area contributed by atoms with Gasteiger partial charge in [0.1, 0.15) is 13.2 Å². The summed E-state index contributed by atoms with van der Waals surface area (Å²) in [5.41, 5.74) is 0.965. The van der Waals surface area contributed by atoms with Crippen LogP contribution >= 0.6 is 0 Å². The van der Waals surface area contributed by atoms with Gasteiger partial charge >= 0.3 is 11.9 Å². The van der Waals surface area contributed by atoms with Gasteiger partial charge in [-0.05, 0) is 18.4 Å². The van der Waals surface area contributed by atoms with E-state index in [1.54, 1.807) is 7.11 Å². The van der Waals surface area contributed by atoms with Crippen molar-refractivity contribution in [2.75, 3.05) is 20.3 Å². The summed E-state index contributed by atoms with van der Waals surface area (Å²) in [5.74, 6) is -0.503. The Kier molecular flexibility index (Phi) is 8.88. The summed E-state index contributed by atoms with van der Waals surface area (Å²) in [6.45, 7) is 0.963. The van der Waals surface area contributed by atoms with Crippen LogP contribution < -0.4 is 0 Å². The molecule has 0 aliphatic rings. The van der Waals surface area contributed by atoms with Crippen molar-refractivity contribution in [1.29, 1.82) is 0 Å². The number of unbranched alkanes of at least 4 members (excludes halogenated alkanes) is 1. The molecule has 0 heterocycles. The number of ether oxygens (including phenoxy) is 3. The van der Waals surface area contributed by atoms with Gasteiger partial charge in [-0.15, -0.1) is 0 Å². The highest BCUT2D eigenvalue weighted by Gasteiger charge is 2.06. The molecule has 0 aliphatic carbocycles. The second-order valence-corrected chi connectivity index (χ2v) is 4.57. The third kappa shape index (κ3) is 8.81. The first-order valence-corrected chi connectivity index (χ1v) is 7.06. The van der Waals surface area contributed by atoms with Gasteiger partial charge in [-0.2, -0.15) is 0 Å². The van der Waals surface area contributed by atoms with Crippen molar-refractivity contribution >= 4 is 11.9 Å². The van der Waals surface area contributed by atoms with Crippen LogP contribution in [0.15, 0.2) is 30.3 Å². The number of hydrogen-bond donors (Lipinski definition) is 0. The average molecular weight is 294 g/mol. The lowest BCUT2D eigenvalue weighted by Crippen LogP contribution is -2.10. The van der Waals surface area contributed by atoms with Crippen molar-refractivity contribution in [3.05, 3.63) is 35.9 Å². The Morgan fingerprint density at radius 3 is 2.14 bits per heavy atom. The number of esters is 2. The lowest BCUT2D eigenvalue weighted by Gasteiger charge is -2.05. The zero-order valence-electron chi connectivity index (χ0n) is 12.4. The molecule has 1 rings (SSSR count). The standard InChI is InChI=1S/C16H22O5/c1-19-11-12-20-15(17)9-5-6-10-16(18)21-13-14-7-3-2-4-8-14/h2-4,7-8H,5-6,9-13H2,1H3. The molecule has 21 heavy (non-hydrogen) atoms. The Morgan fingerprint density at radius 2 is 1.52 bits per heavy atom. The molecule has 5 nitrogen and oxygen atoms in total. The van der Waals surface area contributed by atoms with Gasteiger partial charge in [-0.25, -0.2) is 0 Å². The molecule has 0 bridgehead atoms. The topological polar surface area (TPSA) is 61.8 Å². The fourth-order valence-corrected chi connectivity index (χ4v) is 1.66. The second kappa shape index (κ2) is 10.9. The average Bonchev–Trinajstić information content (AvgIpc) is 2.51. The highest BCUT2D eigenvalue weighted by molar-refractivity contribution is 5.70. The van der Waals surface area contributed by atoms with Crippen LogP contribution in [0.2, 0.25) is 0 Å². The van der Waals surface area contributed by atoms with Crippen LogP contribution in [0.4, 0.5) is 0 Å². The second-order valence-electron chi connectivity index (χ2n) is 4.57. The lowest BCUT2D eigenvalue weighted by atomic mass is 10.2. The summed E-state index contributed by atoms with van der Waals surface area (Å²) < 4.78 is 14.8. The van der Waals surface area contributed by atoms with Crippen LogP contribution in [0.5, 0.6) is 0 Å². The molecule has 0 N–H and O–H groups in total. The van der Waals surface area contributed by atoms with Gasteiger partial charge in [-0.1, -0.05) is 30.3 Å². The zero-order valence-corrected chi connectivity index (χ0v) is 12.4. The maximum Gasteiger partial charge on any atom is 0.306 e. The molecule has 116 valence electrons. The highest BCUT2D eigenvalue weighted by Crippen LogP contribution is 2.05. The van der Waals surface area contributed by atoms with Crippen molar-refractivity contribution in [2.45, 2.75) is 32.3 Å². The Labute approximate surface area is 125 Å². The van der Waals surface area contributed by atoms with Gasteiger partial charge in [0, 0.05) is 20.0 Å². The van der Waals surface area contributed by atoms with E-state index in [-0.39, 0.29) is 18.5 Å². The monoisotopic (exact) mass is 294 g/mol. The van der Waals surface area contributed by atoms with Gasteiger partial charge in [0.05, 0.1) is 6.61 Å². The van der Waals surface area contributed by atoms with Crippen LogP contribution in [0.25, 0.3) is 0 Å². The molecule has 0 atom stereocenters. The first kappa shape index (κ1) is 17.2. The SMILES string of the molecule is COCCOC(=O)CCCCC(=O)OCc1ccccc1. The van der Waals surface area contributed by atoms with Crippen LogP contribution in [0, 0.1) is 0 Å². The highest BCUT2D eigenvalue weighted by atomic mass is 16.6. The number of carbonyl (C=O) groups excluding carboxylic acids is 2. The summed E-state index contributed by atoms with van der Waals surface area (Å²) in [6, 6.07) is 9.53. The summed E-state index contributed by atoms with van der Waals surface area (Å²) in [5, 5.41) is 0. The number of methoxy groups -OCH3 is 1. The molecule has 0 amide bonds. The fraction of sp³-hybridized carbons (Fsp3) is 0.500. The molecule has 0 spiro atoms. The van der Waals surface area contributed by atoms with E-state index in [1.807, 2.05) is 30.3 Å². The van der Waals surface area contributed by atoms with Crippen LogP contribution in [-0.2, 0) is 30.4 Å². The summed E-state index contributed by atoms with van der Waals surface area (Å²) in [7, 11) is 1.55. The normalized spacial score (nSPS) is 10.1. The molecule has 0 radical (unpaired) electrons. The minimum Gasteiger partial charge on any atom is -0.463 e. The Balaban J connectivity index is 2.02. The molecule has 0 saturated carbocycles. The number of benzene rings is 1. The Morgan fingerprint density at radius 1 is 0.905 bits per heavy atom. The van der Waals surface area contributed by atoms with E-state index < -0.39 is 0 Å². The largest absolute Gasteiger partial charge is 0.463 e. The van der Waals surface area contributed by atoms with E-state index in [1.165, 1.54) is 0 Å². The smallest absolute Gasteiger partial charge is 0.306 e. The predicted molar refractivity (Wildman–Crippen MR) is 77.5 cm³/mol. The maximum absolute atomic E-state index is 11.5. The van der Waals surface area contributed by atoms with E-state index in [0.717, 1.165) is 5.56 Å². The minimum atomic E-state index is -0.260. The van der Waals surface area contributed by atoms with E-state index in [2.05, 4.69) is 0 Å².